The number of rotatable bonds is 24. The fourth-order valence-electron chi connectivity index (χ4n) is 4.33. The lowest BCUT2D eigenvalue weighted by molar-refractivity contribution is -0.592. The minimum atomic E-state index is -4.80. The van der Waals surface area contributed by atoms with Crippen LogP contribution in [-0.4, -0.2) is 125 Å². The molecule has 1 fully saturated rings. The topological polar surface area (TPSA) is 249 Å². The van der Waals surface area contributed by atoms with Crippen molar-refractivity contribution in [3.05, 3.63) is 17.9 Å². The van der Waals surface area contributed by atoms with Crippen LogP contribution in [0.15, 0.2) is 12.7 Å². The summed E-state index contributed by atoms with van der Waals surface area (Å²) in [5.74, 6) is 0.132. The second-order valence-electron chi connectivity index (χ2n) is 10.0. The van der Waals surface area contributed by atoms with Gasteiger partial charge in [-0.1, -0.05) is 4.98 Å². The molecule has 252 valence electrons. The Labute approximate surface area is 255 Å². The van der Waals surface area contributed by atoms with E-state index in [1.54, 1.807) is 0 Å². The second-order valence-corrected chi connectivity index (χ2v) is 11.2. The zero-order valence-corrected chi connectivity index (χ0v) is 25.5. The Bertz CT molecular complexity index is 1140. The molecule has 0 amide bonds. The van der Waals surface area contributed by atoms with Gasteiger partial charge in [0.2, 0.25) is 12.0 Å². The minimum absolute atomic E-state index is 0.132. The van der Waals surface area contributed by atoms with Gasteiger partial charge in [-0.25, -0.2) is 14.3 Å². The molecule has 7 N–H and O–H groups in total. The van der Waals surface area contributed by atoms with E-state index in [0.29, 0.717) is 77.1 Å². The number of ether oxygens (including phenoxy) is 5. The van der Waals surface area contributed by atoms with E-state index >= 15 is 0 Å². The molecular formula is C25H45N6O12P. The van der Waals surface area contributed by atoms with Crippen molar-refractivity contribution in [3.8, 4) is 0 Å². The minimum Gasteiger partial charge on any atom is -0.740 e. The van der Waals surface area contributed by atoms with Crippen LogP contribution < -0.4 is 15.8 Å². The smallest absolute Gasteiger partial charge is 0.469 e. The third-order valence-corrected chi connectivity index (χ3v) is 7.07. The Morgan fingerprint density at radius 1 is 0.932 bits per heavy atom. The monoisotopic (exact) mass is 652 g/mol. The number of nitrogens with zero attached hydrogens (tertiary/aromatic N) is 4. The summed E-state index contributed by atoms with van der Waals surface area (Å²) in [6, 6.07) is 0. The van der Waals surface area contributed by atoms with E-state index in [4.69, 9.17) is 39.2 Å². The van der Waals surface area contributed by atoms with Crippen molar-refractivity contribution in [1.29, 1.82) is 0 Å². The van der Waals surface area contributed by atoms with Crippen LogP contribution in [-0.2, 0) is 32.8 Å². The molecule has 0 spiro atoms. The van der Waals surface area contributed by atoms with Gasteiger partial charge >= 0.3 is 7.82 Å². The van der Waals surface area contributed by atoms with Crippen LogP contribution in [0.2, 0.25) is 0 Å². The van der Waals surface area contributed by atoms with Gasteiger partial charge in [-0.3, -0.25) is 9.09 Å². The van der Waals surface area contributed by atoms with Gasteiger partial charge in [-0.2, -0.15) is 0 Å². The molecule has 18 nitrogen and oxygen atoms in total. The number of unbranched alkanes of at least 4 members (excludes halogenated alkanes) is 2. The number of phosphoric ester groups is 1. The van der Waals surface area contributed by atoms with Crippen molar-refractivity contribution >= 4 is 24.8 Å². The second kappa shape index (κ2) is 19.5. The summed E-state index contributed by atoms with van der Waals surface area (Å²) in [5, 5.41) is 36.2. The van der Waals surface area contributed by atoms with Gasteiger partial charge in [0.15, 0.2) is 11.7 Å². The fourth-order valence-corrected chi connectivity index (χ4v) is 4.67. The highest BCUT2D eigenvalue weighted by atomic mass is 31.2. The van der Waals surface area contributed by atoms with Crippen LogP contribution in [0.5, 0.6) is 0 Å². The predicted octanol–water partition coefficient (Wildman–Crippen LogP) is -0.819. The number of hydrogen-bond acceptors (Lipinski definition) is 14. The van der Waals surface area contributed by atoms with Gasteiger partial charge in [-0.15, -0.1) is 0 Å². The average Bonchev–Trinajstić information content (AvgIpc) is 3.53. The lowest BCUT2D eigenvalue weighted by Crippen LogP contribution is -2.34. The van der Waals surface area contributed by atoms with Gasteiger partial charge < -0.3 is 59.9 Å². The SMILES string of the molecule is NCCCOCCOCCCCCOCCOCCCNc1c2ncn(C3OC(COP(=O)(O)O)C(O)C3O)c2nc[n+]1[O-]. The zero-order chi connectivity index (χ0) is 31.8. The lowest BCUT2D eigenvalue weighted by atomic mass is 10.1. The molecule has 1 aliphatic rings. The molecule has 4 unspecified atom stereocenters. The highest BCUT2D eigenvalue weighted by molar-refractivity contribution is 7.46. The number of nitrogens with one attached hydrogen (secondary N) is 1. The average molecular weight is 653 g/mol. The standard InChI is InChI=1S/C25H45N6O12P/c26-6-4-10-40-14-12-38-8-2-1-3-9-39-13-15-41-11-5-7-27-24-20-23(29-18-31(24)34)30(17-28-20)25-22(33)21(32)19(43-25)16-42-44(35,36)37/h17-19,21-22,25,27,32-33H,1-16,26H2,(H2,35,36,37). The lowest BCUT2D eigenvalue weighted by Gasteiger charge is -2.16. The first kappa shape index (κ1) is 36.4. The molecule has 3 rings (SSSR count). The molecule has 2 aromatic heterocycles. The summed E-state index contributed by atoms with van der Waals surface area (Å²) in [4.78, 5) is 26.1. The number of hydrogen-bond donors (Lipinski definition) is 6. The molecular weight excluding hydrogens is 607 g/mol. The van der Waals surface area contributed by atoms with Crippen molar-refractivity contribution < 1.29 is 57.5 Å². The van der Waals surface area contributed by atoms with Crippen LogP contribution >= 0.6 is 7.82 Å². The van der Waals surface area contributed by atoms with Crippen LogP contribution in [0.25, 0.3) is 11.2 Å². The van der Waals surface area contributed by atoms with Crippen molar-refractivity contribution in [3.63, 3.8) is 0 Å². The first-order valence-corrected chi connectivity index (χ1v) is 16.2. The fraction of sp³-hybridized carbons (Fsp3) is 0.800. The third kappa shape index (κ3) is 12.0. The molecule has 44 heavy (non-hydrogen) atoms. The number of fused-ring (bicyclic) bond motifs is 1. The summed E-state index contributed by atoms with van der Waals surface area (Å²) in [7, 11) is -4.80. The Balaban J connectivity index is 1.28. The summed E-state index contributed by atoms with van der Waals surface area (Å²) in [5.41, 5.74) is 5.80. The number of imidazole rings is 1. The van der Waals surface area contributed by atoms with E-state index in [9.17, 15) is 20.0 Å². The van der Waals surface area contributed by atoms with Crippen molar-refractivity contribution in [2.45, 2.75) is 56.6 Å². The van der Waals surface area contributed by atoms with Crippen LogP contribution in [0.1, 0.15) is 38.3 Å². The Morgan fingerprint density at radius 2 is 1.55 bits per heavy atom. The summed E-state index contributed by atoms with van der Waals surface area (Å²) in [6.07, 6.45) is 1.34. The highest BCUT2D eigenvalue weighted by Crippen LogP contribution is 2.38. The first-order valence-electron chi connectivity index (χ1n) is 14.6. The van der Waals surface area contributed by atoms with Gasteiger partial charge in [0.1, 0.15) is 24.6 Å². The molecule has 1 aliphatic heterocycles. The van der Waals surface area contributed by atoms with Crippen LogP contribution in [0.4, 0.5) is 5.82 Å². The predicted molar refractivity (Wildman–Crippen MR) is 154 cm³/mol. The van der Waals surface area contributed by atoms with E-state index in [2.05, 4.69) is 19.8 Å². The largest absolute Gasteiger partial charge is 0.740 e. The Hall–Kier alpha value is -2.06. The molecule has 0 aromatic carbocycles. The molecule has 0 saturated carbocycles. The van der Waals surface area contributed by atoms with Crippen LogP contribution in [0, 0.1) is 5.21 Å². The molecule has 0 bridgehead atoms. The number of nitrogens with two attached hydrogens (primary N) is 1. The molecule has 0 radical (unpaired) electrons. The van der Waals surface area contributed by atoms with Crippen molar-refractivity contribution in [2.24, 2.45) is 5.73 Å². The van der Waals surface area contributed by atoms with Gasteiger partial charge in [0.05, 0.1) is 39.6 Å². The normalized spacial score (nSPS) is 20.6. The van der Waals surface area contributed by atoms with Crippen molar-refractivity contribution in [2.75, 3.05) is 77.9 Å². The number of aliphatic hydroxyl groups excluding tert-OH is 2. The maximum absolute atomic E-state index is 12.4. The summed E-state index contributed by atoms with van der Waals surface area (Å²) in [6.45, 7) is 5.01. The van der Waals surface area contributed by atoms with E-state index < -0.39 is 39.0 Å². The summed E-state index contributed by atoms with van der Waals surface area (Å²) < 4.78 is 44.9. The zero-order valence-electron chi connectivity index (χ0n) is 24.6. The third-order valence-electron chi connectivity index (χ3n) is 6.59. The molecule has 3 heterocycles. The maximum Gasteiger partial charge on any atom is 0.469 e. The van der Waals surface area contributed by atoms with Gasteiger partial charge in [0, 0.05) is 32.8 Å². The number of anilines is 1. The Morgan fingerprint density at radius 3 is 2.16 bits per heavy atom. The quantitative estimate of drug-likeness (QED) is 0.0351. The van der Waals surface area contributed by atoms with E-state index in [1.165, 1.54) is 10.9 Å². The number of aromatic nitrogens is 4. The molecule has 1 saturated heterocycles. The number of phosphoric acid groups is 1. The molecule has 0 aliphatic carbocycles. The van der Waals surface area contributed by atoms with Gasteiger partial charge in [0.25, 0.3) is 5.82 Å². The molecule has 19 heteroatoms. The van der Waals surface area contributed by atoms with E-state index in [1.807, 2.05) is 0 Å². The van der Waals surface area contributed by atoms with Crippen LogP contribution in [0.3, 0.4) is 0 Å². The molecule has 4 atom stereocenters. The first-order chi connectivity index (χ1) is 21.2. The van der Waals surface area contributed by atoms with E-state index in [0.717, 1.165) is 32.0 Å². The van der Waals surface area contributed by atoms with E-state index in [-0.39, 0.29) is 17.0 Å². The highest BCUT2D eigenvalue weighted by Gasteiger charge is 2.45. The molecule has 2 aromatic rings. The maximum atomic E-state index is 12.4. The summed E-state index contributed by atoms with van der Waals surface area (Å²) >= 11 is 0. The Kier molecular flexibility index (Phi) is 16.1. The number of aliphatic hydroxyl groups is 2. The van der Waals surface area contributed by atoms with Gasteiger partial charge in [-0.05, 0) is 32.2 Å². The van der Waals surface area contributed by atoms with Crippen molar-refractivity contribution in [1.82, 2.24) is 14.5 Å².